The van der Waals surface area contributed by atoms with Gasteiger partial charge in [-0.25, -0.2) is 4.98 Å². The van der Waals surface area contributed by atoms with Crippen LogP contribution >= 0.6 is 11.6 Å². The molecule has 3 aromatic rings. The summed E-state index contributed by atoms with van der Waals surface area (Å²) >= 11 is 6.00. The predicted octanol–water partition coefficient (Wildman–Crippen LogP) is 2.89. The molecule has 122 valence electrons. The lowest BCUT2D eigenvalue weighted by Gasteiger charge is -2.09. The summed E-state index contributed by atoms with van der Waals surface area (Å²) in [6.07, 6.45) is 1.59. The summed E-state index contributed by atoms with van der Waals surface area (Å²) in [6.45, 7) is 1.63. The molecule has 0 saturated heterocycles. The first-order chi connectivity index (χ1) is 11.5. The fourth-order valence-electron chi connectivity index (χ4n) is 2.33. The lowest BCUT2D eigenvalue weighted by molar-refractivity contribution is -0.115. The van der Waals surface area contributed by atoms with E-state index in [9.17, 15) is 9.59 Å². The maximum atomic E-state index is 12.2. The quantitative estimate of drug-likeness (QED) is 0.681. The molecule has 0 atom stereocenters. The average Bonchev–Trinajstić information content (AvgIpc) is 3.03. The molecule has 0 aliphatic heterocycles. The largest absolute Gasteiger partial charge is 0.345 e. The highest BCUT2D eigenvalue weighted by Gasteiger charge is 2.12. The summed E-state index contributed by atoms with van der Waals surface area (Å²) in [5, 5.41) is 5.83. The first kappa shape index (κ1) is 16.0. The van der Waals surface area contributed by atoms with Crippen LogP contribution in [0.5, 0.6) is 0 Å². The normalized spacial score (nSPS) is 10.6. The van der Waals surface area contributed by atoms with E-state index in [-0.39, 0.29) is 18.4 Å². The second-order valence-electron chi connectivity index (χ2n) is 5.28. The molecule has 3 rings (SSSR count). The third-order valence-electron chi connectivity index (χ3n) is 3.63. The maximum absolute atomic E-state index is 12.2. The van der Waals surface area contributed by atoms with Gasteiger partial charge in [0.05, 0.1) is 23.9 Å². The number of nitrogens with zero attached hydrogens (tertiary/aromatic N) is 1. The topological polar surface area (TPSA) is 86.9 Å². The van der Waals surface area contributed by atoms with Gasteiger partial charge < -0.3 is 15.6 Å². The summed E-state index contributed by atoms with van der Waals surface area (Å²) in [4.78, 5) is 31.2. The number of carbonyl (C=O) groups is 2. The van der Waals surface area contributed by atoms with E-state index in [4.69, 9.17) is 11.6 Å². The van der Waals surface area contributed by atoms with Gasteiger partial charge in [0.15, 0.2) is 0 Å². The minimum absolute atomic E-state index is 0.133. The number of nitrogens with one attached hydrogen (secondary N) is 3. The van der Waals surface area contributed by atoms with E-state index in [1.807, 2.05) is 0 Å². The van der Waals surface area contributed by atoms with Crippen molar-refractivity contribution in [1.29, 1.82) is 0 Å². The number of halogens is 1. The second-order valence-corrected chi connectivity index (χ2v) is 5.68. The van der Waals surface area contributed by atoms with Crippen molar-refractivity contribution in [2.24, 2.45) is 0 Å². The van der Waals surface area contributed by atoms with Crippen LogP contribution in [0.2, 0.25) is 5.02 Å². The zero-order valence-electron chi connectivity index (χ0n) is 12.9. The molecule has 7 heteroatoms. The minimum Gasteiger partial charge on any atom is -0.345 e. The molecule has 0 saturated carbocycles. The van der Waals surface area contributed by atoms with Gasteiger partial charge in [0.25, 0.3) is 5.91 Å². The monoisotopic (exact) mass is 342 g/mol. The zero-order valence-corrected chi connectivity index (χ0v) is 13.6. The molecule has 0 aliphatic carbocycles. The first-order valence-corrected chi connectivity index (χ1v) is 7.68. The van der Waals surface area contributed by atoms with Crippen molar-refractivity contribution in [3.63, 3.8) is 0 Å². The Balaban J connectivity index is 1.60. The summed E-state index contributed by atoms with van der Waals surface area (Å²) in [7, 11) is 0. The van der Waals surface area contributed by atoms with E-state index in [0.717, 1.165) is 11.0 Å². The SMILES string of the molecule is Cc1c(Cl)cccc1C(=O)NCC(=O)Nc1ccc2nc[nH]c2c1. The number of carbonyl (C=O) groups excluding carboxylic acids is 2. The number of hydrogen-bond acceptors (Lipinski definition) is 3. The molecule has 0 aliphatic rings. The average molecular weight is 343 g/mol. The molecule has 0 fully saturated rings. The Morgan fingerprint density at radius 2 is 2.08 bits per heavy atom. The van der Waals surface area contributed by atoms with Crippen LogP contribution in [0.4, 0.5) is 5.69 Å². The Kier molecular flexibility index (Phi) is 4.48. The Bertz CT molecular complexity index is 920. The molecule has 0 radical (unpaired) electrons. The molecule has 2 amide bonds. The van der Waals surface area contributed by atoms with E-state index in [1.165, 1.54) is 0 Å². The summed E-state index contributed by atoms with van der Waals surface area (Å²) < 4.78 is 0. The third kappa shape index (κ3) is 3.38. The third-order valence-corrected chi connectivity index (χ3v) is 4.04. The molecule has 6 nitrogen and oxygen atoms in total. The van der Waals surface area contributed by atoms with Gasteiger partial charge in [-0.1, -0.05) is 17.7 Å². The van der Waals surface area contributed by atoms with Gasteiger partial charge in [-0.2, -0.15) is 0 Å². The number of anilines is 1. The van der Waals surface area contributed by atoms with E-state index < -0.39 is 0 Å². The lowest BCUT2D eigenvalue weighted by Crippen LogP contribution is -2.33. The van der Waals surface area contributed by atoms with Crippen molar-refractivity contribution >= 4 is 40.1 Å². The summed E-state index contributed by atoms with van der Waals surface area (Å²) in [5.74, 6) is -0.656. The van der Waals surface area contributed by atoms with Gasteiger partial charge in [0.2, 0.25) is 5.91 Å². The zero-order chi connectivity index (χ0) is 17.1. The lowest BCUT2D eigenvalue weighted by atomic mass is 10.1. The number of benzene rings is 2. The molecule has 3 N–H and O–H groups in total. The maximum Gasteiger partial charge on any atom is 0.252 e. The van der Waals surface area contributed by atoms with Crippen molar-refractivity contribution in [2.45, 2.75) is 6.92 Å². The van der Waals surface area contributed by atoms with Crippen molar-refractivity contribution in [3.8, 4) is 0 Å². The second kappa shape index (κ2) is 6.72. The van der Waals surface area contributed by atoms with Crippen LogP contribution in [-0.2, 0) is 4.79 Å². The van der Waals surface area contributed by atoms with Crippen LogP contribution in [0.25, 0.3) is 11.0 Å². The van der Waals surface area contributed by atoms with Crippen molar-refractivity contribution < 1.29 is 9.59 Å². The number of fused-ring (bicyclic) bond motifs is 1. The Hall–Kier alpha value is -2.86. The van der Waals surface area contributed by atoms with Crippen LogP contribution < -0.4 is 10.6 Å². The first-order valence-electron chi connectivity index (χ1n) is 7.31. The number of H-pyrrole nitrogens is 1. The highest BCUT2D eigenvalue weighted by molar-refractivity contribution is 6.31. The number of imidazole rings is 1. The highest BCUT2D eigenvalue weighted by Crippen LogP contribution is 2.18. The van der Waals surface area contributed by atoms with Gasteiger partial charge in [-0.15, -0.1) is 0 Å². The van der Waals surface area contributed by atoms with Crippen LogP contribution in [0.1, 0.15) is 15.9 Å². The molecule has 2 aromatic carbocycles. The summed E-state index contributed by atoms with van der Waals surface area (Å²) in [6, 6.07) is 10.4. The van der Waals surface area contributed by atoms with Crippen LogP contribution in [-0.4, -0.2) is 28.3 Å². The molecule has 1 aromatic heterocycles. The van der Waals surface area contributed by atoms with Crippen molar-refractivity contribution in [1.82, 2.24) is 15.3 Å². The molecular weight excluding hydrogens is 328 g/mol. The fourth-order valence-corrected chi connectivity index (χ4v) is 2.50. The van der Waals surface area contributed by atoms with Gasteiger partial charge >= 0.3 is 0 Å². The van der Waals surface area contributed by atoms with Crippen molar-refractivity contribution in [2.75, 3.05) is 11.9 Å². The highest BCUT2D eigenvalue weighted by atomic mass is 35.5. The van der Waals surface area contributed by atoms with Gasteiger partial charge in [-0.3, -0.25) is 9.59 Å². The number of aromatic nitrogens is 2. The molecule has 0 bridgehead atoms. The Labute approximate surface area is 143 Å². The molecule has 24 heavy (non-hydrogen) atoms. The van der Waals surface area contributed by atoms with Crippen molar-refractivity contribution in [3.05, 3.63) is 58.9 Å². The predicted molar refractivity (Wildman–Crippen MR) is 93.2 cm³/mol. The Morgan fingerprint density at radius 3 is 2.92 bits per heavy atom. The minimum atomic E-state index is -0.339. The Morgan fingerprint density at radius 1 is 1.25 bits per heavy atom. The number of hydrogen-bond donors (Lipinski definition) is 3. The summed E-state index contributed by atoms with van der Waals surface area (Å²) in [5.41, 5.74) is 3.41. The molecular formula is C17H15ClN4O2. The number of rotatable bonds is 4. The van der Waals surface area contributed by atoms with Crippen LogP contribution in [0.15, 0.2) is 42.7 Å². The van der Waals surface area contributed by atoms with E-state index in [2.05, 4.69) is 20.6 Å². The van der Waals surface area contributed by atoms with Gasteiger partial charge in [0.1, 0.15) is 0 Å². The number of amides is 2. The van der Waals surface area contributed by atoms with Crippen LogP contribution in [0, 0.1) is 6.92 Å². The standard InChI is InChI=1S/C17H15ClN4O2/c1-10-12(3-2-4-13(10)18)17(24)19-8-16(23)22-11-5-6-14-15(7-11)21-9-20-14/h2-7,9H,8H2,1H3,(H,19,24)(H,20,21)(H,22,23). The smallest absolute Gasteiger partial charge is 0.252 e. The van der Waals surface area contributed by atoms with Gasteiger partial charge in [-0.05, 0) is 42.8 Å². The van der Waals surface area contributed by atoms with E-state index >= 15 is 0 Å². The van der Waals surface area contributed by atoms with Gasteiger partial charge in [0, 0.05) is 16.3 Å². The van der Waals surface area contributed by atoms with Crippen LogP contribution in [0.3, 0.4) is 0 Å². The van der Waals surface area contributed by atoms with E-state index in [0.29, 0.717) is 21.8 Å². The molecule has 0 unspecified atom stereocenters. The molecule has 0 spiro atoms. The van der Waals surface area contributed by atoms with E-state index in [1.54, 1.807) is 49.6 Å². The number of aromatic amines is 1. The molecule has 1 heterocycles. The fraction of sp³-hybridized carbons (Fsp3) is 0.118.